The van der Waals surface area contributed by atoms with Crippen molar-refractivity contribution < 1.29 is 38.4 Å². The van der Waals surface area contributed by atoms with Gasteiger partial charge in [-0.15, -0.1) is 0 Å². The molecule has 1 saturated carbocycles. The monoisotopic (exact) mass is 402 g/mol. The molecular weight excluding hydrogens is 386 g/mol. The maximum absolute atomic E-state index is 14.6. The van der Waals surface area contributed by atoms with Crippen molar-refractivity contribution in [1.29, 1.82) is 0 Å². The van der Waals surface area contributed by atoms with Gasteiger partial charge < -0.3 is 20.1 Å². The molecule has 2 amide bonds. The quantitative estimate of drug-likeness (QED) is 0.660. The molecule has 146 valence electrons. The first-order chi connectivity index (χ1) is 12.6. The van der Waals surface area contributed by atoms with Gasteiger partial charge in [0.05, 0.1) is 12.2 Å². The van der Waals surface area contributed by atoms with Crippen molar-refractivity contribution in [2.24, 2.45) is 5.92 Å². The molecular formula is C16H16F2N2O6S. The Hall–Kier alpha value is -2.11. The van der Waals surface area contributed by atoms with Gasteiger partial charge in [-0.2, -0.15) is 0 Å². The fraction of sp³-hybridized carbons (Fsp3) is 0.500. The predicted octanol–water partition coefficient (Wildman–Crippen LogP) is 1.71. The summed E-state index contributed by atoms with van der Waals surface area (Å²) >= 11 is 0.885. The van der Waals surface area contributed by atoms with Crippen LogP contribution in [0.2, 0.25) is 0 Å². The molecule has 0 radical (unpaired) electrons. The van der Waals surface area contributed by atoms with Gasteiger partial charge in [-0.1, -0.05) is 11.8 Å². The minimum absolute atomic E-state index is 0.0370. The van der Waals surface area contributed by atoms with E-state index in [2.05, 4.69) is 0 Å². The number of amides is 2. The van der Waals surface area contributed by atoms with Crippen LogP contribution in [0.5, 0.6) is 0 Å². The Morgan fingerprint density at radius 3 is 2.52 bits per heavy atom. The molecule has 2 saturated heterocycles. The summed E-state index contributed by atoms with van der Waals surface area (Å²) in [6, 6.07) is 2.01. The lowest BCUT2D eigenvalue weighted by atomic mass is 10.0. The SMILES string of the molecule is CN(C(=O)O)[C@@H]1CN(c2cc(F)c(C3[C@@H]4CC(O)(O)S[C@@H]34)c(F)c2)C(=O)O1. The average molecular weight is 402 g/mol. The maximum Gasteiger partial charge on any atom is 0.416 e. The Kier molecular flexibility index (Phi) is 4.02. The van der Waals surface area contributed by atoms with Gasteiger partial charge in [0, 0.05) is 30.2 Å². The second-order valence-electron chi connectivity index (χ2n) is 6.88. The number of ether oxygens (including phenoxy) is 1. The highest BCUT2D eigenvalue weighted by atomic mass is 32.2. The molecule has 1 aliphatic carbocycles. The molecule has 0 aromatic heterocycles. The fourth-order valence-electron chi connectivity index (χ4n) is 3.73. The Morgan fingerprint density at radius 1 is 1.37 bits per heavy atom. The molecule has 1 unspecified atom stereocenters. The van der Waals surface area contributed by atoms with Crippen molar-refractivity contribution in [3.05, 3.63) is 29.3 Å². The number of aliphatic hydroxyl groups is 2. The van der Waals surface area contributed by atoms with E-state index in [0.29, 0.717) is 0 Å². The molecule has 27 heavy (non-hydrogen) atoms. The van der Waals surface area contributed by atoms with Gasteiger partial charge in [0.2, 0.25) is 5.12 Å². The van der Waals surface area contributed by atoms with Gasteiger partial charge >= 0.3 is 12.2 Å². The lowest BCUT2D eigenvalue weighted by Gasteiger charge is -2.20. The average Bonchev–Trinajstić information content (AvgIpc) is 2.91. The number of likely N-dealkylation sites (N-methyl/N-ethyl adjacent to an activating group) is 1. The standard InChI is InChI=1S/C16H16F2N2O6S/c1-19(14(21)22)10-5-20(15(23)26-10)6-2-8(17)12(9(18)3-6)11-7-4-16(24,25)27-13(7)11/h2-3,7,10-11,13,24-25H,4-5H2,1H3,(H,21,22)/t7-,10-,11?,13+/m0/s1. The van der Waals surface area contributed by atoms with E-state index < -0.39 is 41.1 Å². The third-order valence-electron chi connectivity index (χ3n) is 5.16. The molecule has 2 heterocycles. The van der Waals surface area contributed by atoms with E-state index in [1.165, 1.54) is 7.05 Å². The van der Waals surface area contributed by atoms with Crippen molar-refractivity contribution in [3.63, 3.8) is 0 Å². The van der Waals surface area contributed by atoms with Crippen LogP contribution in [-0.2, 0) is 4.74 Å². The van der Waals surface area contributed by atoms with Gasteiger partial charge in [-0.3, -0.25) is 9.80 Å². The highest BCUT2D eigenvalue weighted by molar-refractivity contribution is 8.01. The smallest absolute Gasteiger partial charge is 0.416 e. The number of carbonyl (C=O) groups excluding carboxylic acids is 1. The number of hydrogen-bond acceptors (Lipinski definition) is 6. The van der Waals surface area contributed by atoms with Crippen LogP contribution in [0, 0.1) is 17.6 Å². The third-order valence-corrected chi connectivity index (χ3v) is 6.62. The van der Waals surface area contributed by atoms with Gasteiger partial charge in [0.15, 0.2) is 6.23 Å². The number of rotatable bonds is 3. The van der Waals surface area contributed by atoms with E-state index in [9.17, 15) is 28.6 Å². The summed E-state index contributed by atoms with van der Waals surface area (Å²) in [7, 11) is 1.22. The van der Waals surface area contributed by atoms with Crippen LogP contribution in [0.3, 0.4) is 0 Å². The number of thioether (sulfide) groups is 1. The summed E-state index contributed by atoms with van der Waals surface area (Å²) in [5.74, 6) is -2.35. The summed E-state index contributed by atoms with van der Waals surface area (Å²) < 4.78 is 34.1. The Labute approximate surface area is 156 Å². The molecule has 3 aliphatic rings. The number of carbonyl (C=O) groups is 2. The van der Waals surface area contributed by atoms with Crippen molar-refractivity contribution in [1.82, 2.24) is 4.90 Å². The number of anilines is 1. The molecule has 1 aromatic rings. The number of benzene rings is 1. The Bertz CT molecular complexity index is 800. The van der Waals surface area contributed by atoms with Crippen molar-refractivity contribution in [2.75, 3.05) is 18.5 Å². The zero-order chi connectivity index (χ0) is 19.7. The minimum atomic E-state index is -1.86. The molecule has 0 bridgehead atoms. The number of nitrogens with zero attached hydrogens (tertiary/aromatic N) is 2. The minimum Gasteiger partial charge on any atom is -0.465 e. The van der Waals surface area contributed by atoms with Crippen molar-refractivity contribution >= 4 is 29.6 Å². The fourth-order valence-corrected chi connectivity index (χ4v) is 5.29. The molecule has 8 nitrogen and oxygen atoms in total. The molecule has 4 rings (SSSR count). The summed E-state index contributed by atoms with van der Waals surface area (Å²) in [6.45, 7) is -0.193. The second-order valence-corrected chi connectivity index (χ2v) is 8.32. The first kappa shape index (κ1) is 18.3. The first-order valence-corrected chi connectivity index (χ1v) is 9.02. The van der Waals surface area contributed by atoms with Gasteiger partial charge in [0.1, 0.15) is 11.6 Å². The molecule has 3 fully saturated rings. The Balaban J connectivity index is 1.55. The molecule has 11 heteroatoms. The van der Waals surface area contributed by atoms with E-state index in [1.807, 2.05) is 0 Å². The van der Waals surface area contributed by atoms with E-state index in [-0.39, 0.29) is 35.4 Å². The van der Waals surface area contributed by atoms with Crippen LogP contribution in [0.4, 0.5) is 24.1 Å². The highest BCUT2D eigenvalue weighted by Gasteiger charge is 2.63. The van der Waals surface area contributed by atoms with Crippen molar-refractivity contribution in [2.45, 2.75) is 28.9 Å². The van der Waals surface area contributed by atoms with E-state index in [4.69, 9.17) is 9.84 Å². The first-order valence-electron chi connectivity index (χ1n) is 8.14. The number of cyclic esters (lactones) is 1. The normalized spacial score (nSPS) is 30.9. The summed E-state index contributed by atoms with van der Waals surface area (Å²) in [5, 5.41) is 25.9. The largest absolute Gasteiger partial charge is 0.465 e. The third kappa shape index (κ3) is 2.99. The van der Waals surface area contributed by atoms with Gasteiger partial charge in [0.25, 0.3) is 0 Å². The van der Waals surface area contributed by atoms with Gasteiger partial charge in [-0.25, -0.2) is 18.4 Å². The summed E-state index contributed by atoms with van der Waals surface area (Å²) in [6.07, 6.45) is -3.25. The highest BCUT2D eigenvalue weighted by Crippen LogP contribution is 2.67. The van der Waals surface area contributed by atoms with Crippen LogP contribution in [0.15, 0.2) is 12.1 Å². The number of hydrogen-bond donors (Lipinski definition) is 3. The van der Waals surface area contributed by atoms with E-state index >= 15 is 0 Å². The number of fused-ring (bicyclic) bond motifs is 1. The van der Waals surface area contributed by atoms with Crippen LogP contribution < -0.4 is 4.90 Å². The maximum atomic E-state index is 14.6. The summed E-state index contributed by atoms with van der Waals surface area (Å²) in [4.78, 5) is 24.7. The van der Waals surface area contributed by atoms with E-state index in [1.54, 1.807) is 0 Å². The van der Waals surface area contributed by atoms with Crippen LogP contribution in [0.25, 0.3) is 0 Å². The topological polar surface area (TPSA) is 111 Å². The number of carboxylic acid groups (broad SMARTS) is 1. The molecule has 3 N–H and O–H groups in total. The molecule has 1 aromatic carbocycles. The molecule has 2 aliphatic heterocycles. The van der Waals surface area contributed by atoms with Crippen LogP contribution in [-0.4, -0.2) is 62.6 Å². The molecule has 0 spiro atoms. The second kappa shape index (κ2) is 5.94. The Morgan fingerprint density at radius 2 is 2.00 bits per heavy atom. The summed E-state index contributed by atoms with van der Waals surface area (Å²) in [5.41, 5.74) is -0.208. The lowest BCUT2D eigenvalue weighted by molar-refractivity contribution is -0.0808. The van der Waals surface area contributed by atoms with Crippen LogP contribution >= 0.6 is 11.8 Å². The number of halogens is 2. The lowest BCUT2D eigenvalue weighted by Crippen LogP contribution is -2.38. The van der Waals surface area contributed by atoms with Gasteiger partial charge in [-0.05, 0) is 18.1 Å². The van der Waals surface area contributed by atoms with E-state index in [0.717, 1.165) is 33.7 Å². The van der Waals surface area contributed by atoms with Crippen LogP contribution in [0.1, 0.15) is 17.9 Å². The molecule has 4 atom stereocenters. The zero-order valence-electron chi connectivity index (χ0n) is 14.0. The predicted molar refractivity (Wildman–Crippen MR) is 89.2 cm³/mol. The van der Waals surface area contributed by atoms with Crippen molar-refractivity contribution in [3.8, 4) is 0 Å². The zero-order valence-corrected chi connectivity index (χ0v) is 14.8.